The van der Waals surface area contributed by atoms with Gasteiger partial charge in [0, 0.05) is 25.8 Å². The molecule has 8 heteroatoms. The molecule has 8 nitrogen and oxygen atoms in total. The van der Waals surface area contributed by atoms with Crippen LogP contribution in [-0.4, -0.2) is 61.1 Å². The van der Waals surface area contributed by atoms with Gasteiger partial charge >= 0.3 is 0 Å². The number of rotatable bonds is 6. The first-order valence-electron chi connectivity index (χ1n) is 11.6. The van der Waals surface area contributed by atoms with E-state index in [1.165, 1.54) is 11.8 Å². The smallest absolute Gasteiger partial charge is 0.266 e. The molecule has 1 saturated heterocycles. The van der Waals surface area contributed by atoms with Crippen molar-refractivity contribution in [2.75, 3.05) is 36.5 Å². The van der Waals surface area contributed by atoms with Crippen LogP contribution < -0.4 is 15.0 Å². The summed E-state index contributed by atoms with van der Waals surface area (Å²) < 4.78 is 11.7. The number of para-hydroxylation sites is 2. The number of carbonyl (C=O) groups is 3. The van der Waals surface area contributed by atoms with Crippen molar-refractivity contribution in [1.29, 1.82) is 0 Å². The maximum atomic E-state index is 13.6. The van der Waals surface area contributed by atoms with Gasteiger partial charge in [-0.2, -0.15) is 0 Å². The largest absolute Gasteiger partial charge is 0.476 e. The minimum Gasteiger partial charge on any atom is -0.476 e. The highest BCUT2D eigenvalue weighted by Crippen LogP contribution is 2.33. The van der Waals surface area contributed by atoms with Crippen LogP contribution in [0.15, 0.2) is 42.5 Å². The van der Waals surface area contributed by atoms with Gasteiger partial charge in [0.05, 0.1) is 18.3 Å². The van der Waals surface area contributed by atoms with Crippen molar-refractivity contribution in [3.8, 4) is 5.75 Å². The molecule has 1 fully saturated rings. The molecule has 2 aromatic rings. The van der Waals surface area contributed by atoms with Gasteiger partial charge < -0.3 is 24.6 Å². The summed E-state index contributed by atoms with van der Waals surface area (Å²) >= 11 is 0. The Labute approximate surface area is 199 Å². The van der Waals surface area contributed by atoms with Crippen LogP contribution in [0.2, 0.25) is 0 Å². The van der Waals surface area contributed by atoms with Crippen molar-refractivity contribution >= 4 is 29.1 Å². The van der Waals surface area contributed by atoms with Crippen LogP contribution in [0.3, 0.4) is 0 Å². The molecule has 1 N–H and O–H groups in total. The predicted molar refractivity (Wildman–Crippen MR) is 129 cm³/mol. The Morgan fingerprint density at radius 2 is 1.91 bits per heavy atom. The van der Waals surface area contributed by atoms with Crippen molar-refractivity contribution in [3.63, 3.8) is 0 Å². The molecular formula is C26H31N3O5. The standard InChI is InChI=1S/C26H31N3O5/c1-17-8-6-10-21(18(17)2)27-25(31)16-28(14-20-9-7-13-33-20)26(32)24-15-29(19(3)30)22-11-4-5-12-23(22)34-24/h4-6,8,10-12,20,24H,7,9,13-16H2,1-3H3,(H,27,31)/t20-,24-/m0/s1. The molecule has 0 unspecified atom stereocenters. The van der Waals surface area contributed by atoms with Crippen molar-refractivity contribution < 1.29 is 23.9 Å². The number of amides is 3. The molecule has 2 atom stereocenters. The molecule has 2 aromatic carbocycles. The summed E-state index contributed by atoms with van der Waals surface area (Å²) in [5.74, 6) is -0.335. The zero-order chi connectivity index (χ0) is 24.2. The van der Waals surface area contributed by atoms with E-state index >= 15 is 0 Å². The van der Waals surface area contributed by atoms with Crippen LogP contribution in [0.25, 0.3) is 0 Å². The van der Waals surface area contributed by atoms with E-state index in [1.54, 1.807) is 23.1 Å². The highest BCUT2D eigenvalue weighted by molar-refractivity contribution is 5.98. The van der Waals surface area contributed by atoms with Crippen molar-refractivity contribution in [1.82, 2.24) is 4.90 Å². The Hall–Kier alpha value is -3.39. The van der Waals surface area contributed by atoms with Gasteiger partial charge in [-0.3, -0.25) is 14.4 Å². The summed E-state index contributed by atoms with van der Waals surface area (Å²) in [6.45, 7) is 6.29. The fourth-order valence-corrected chi connectivity index (χ4v) is 4.38. The van der Waals surface area contributed by atoms with E-state index in [0.717, 1.165) is 29.7 Å². The average molecular weight is 466 g/mol. The van der Waals surface area contributed by atoms with E-state index in [4.69, 9.17) is 9.47 Å². The first-order valence-corrected chi connectivity index (χ1v) is 11.6. The Bertz CT molecular complexity index is 1080. The summed E-state index contributed by atoms with van der Waals surface area (Å²) in [6.07, 6.45) is 0.717. The monoisotopic (exact) mass is 465 g/mol. The third-order valence-electron chi connectivity index (χ3n) is 6.40. The lowest BCUT2D eigenvalue weighted by atomic mass is 10.1. The third-order valence-corrected chi connectivity index (χ3v) is 6.40. The lowest BCUT2D eigenvalue weighted by molar-refractivity contribution is -0.142. The molecule has 180 valence electrons. The highest BCUT2D eigenvalue weighted by atomic mass is 16.5. The second kappa shape index (κ2) is 10.3. The predicted octanol–water partition coefficient (Wildman–Crippen LogP) is 3.06. The summed E-state index contributed by atoms with van der Waals surface area (Å²) in [7, 11) is 0. The summed E-state index contributed by atoms with van der Waals surface area (Å²) in [5, 5.41) is 2.93. The molecule has 0 bridgehead atoms. The van der Waals surface area contributed by atoms with Crippen LogP contribution in [0.5, 0.6) is 5.75 Å². The number of hydrogen-bond acceptors (Lipinski definition) is 5. The summed E-state index contributed by atoms with van der Waals surface area (Å²) in [6, 6.07) is 12.9. The number of nitrogens with one attached hydrogen (secondary N) is 1. The second-order valence-electron chi connectivity index (χ2n) is 8.85. The number of anilines is 2. The highest BCUT2D eigenvalue weighted by Gasteiger charge is 2.36. The zero-order valence-electron chi connectivity index (χ0n) is 19.9. The molecule has 3 amide bonds. The molecule has 0 radical (unpaired) electrons. The average Bonchev–Trinajstić information content (AvgIpc) is 3.33. The van der Waals surface area contributed by atoms with Gasteiger partial charge in [-0.15, -0.1) is 0 Å². The van der Waals surface area contributed by atoms with Gasteiger partial charge in [0.15, 0.2) is 6.10 Å². The van der Waals surface area contributed by atoms with E-state index in [-0.39, 0.29) is 36.9 Å². The van der Waals surface area contributed by atoms with E-state index in [9.17, 15) is 14.4 Å². The summed E-state index contributed by atoms with van der Waals surface area (Å²) in [4.78, 5) is 41.9. The Balaban J connectivity index is 1.53. The van der Waals surface area contributed by atoms with Crippen molar-refractivity contribution in [3.05, 3.63) is 53.6 Å². The van der Waals surface area contributed by atoms with Gasteiger partial charge in [0.2, 0.25) is 11.8 Å². The topological polar surface area (TPSA) is 88.2 Å². The SMILES string of the molecule is CC(=O)N1C[C@@H](C(=O)N(CC(=O)Nc2cccc(C)c2C)C[C@@H]2CCCO2)Oc2ccccc21. The minimum absolute atomic E-state index is 0.0891. The van der Waals surface area contributed by atoms with Crippen molar-refractivity contribution in [2.24, 2.45) is 0 Å². The summed E-state index contributed by atoms with van der Waals surface area (Å²) in [5.41, 5.74) is 3.42. The third kappa shape index (κ3) is 5.22. The number of benzene rings is 2. The quantitative estimate of drug-likeness (QED) is 0.709. The zero-order valence-corrected chi connectivity index (χ0v) is 19.9. The molecule has 0 aliphatic carbocycles. The van der Waals surface area contributed by atoms with Gasteiger partial charge in [-0.1, -0.05) is 24.3 Å². The Kier molecular flexibility index (Phi) is 7.17. The number of carbonyl (C=O) groups excluding carboxylic acids is 3. The Morgan fingerprint density at radius 1 is 1.12 bits per heavy atom. The molecule has 0 saturated carbocycles. The van der Waals surface area contributed by atoms with Crippen LogP contribution in [0, 0.1) is 13.8 Å². The maximum Gasteiger partial charge on any atom is 0.266 e. The maximum absolute atomic E-state index is 13.6. The number of fused-ring (bicyclic) bond motifs is 1. The fraction of sp³-hybridized carbons (Fsp3) is 0.423. The Morgan fingerprint density at radius 3 is 2.65 bits per heavy atom. The van der Waals surface area contributed by atoms with Gasteiger partial charge in [-0.25, -0.2) is 0 Å². The molecule has 2 heterocycles. The van der Waals surface area contributed by atoms with Crippen LogP contribution >= 0.6 is 0 Å². The van der Waals surface area contributed by atoms with E-state index < -0.39 is 6.10 Å². The molecule has 2 aliphatic rings. The number of ether oxygens (including phenoxy) is 2. The minimum atomic E-state index is -0.909. The second-order valence-corrected chi connectivity index (χ2v) is 8.85. The number of nitrogens with zero attached hydrogens (tertiary/aromatic N) is 2. The molecular weight excluding hydrogens is 434 g/mol. The molecule has 2 aliphatic heterocycles. The van der Waals surface area contributed by atoms with Crippen molar-refractivity contribution in [2.45, 2.75) is 45.8 Å². The van der Waals surface area contributed by atoms with E-state index in [0.29, 0.717) is 24.6 Å². The molecule has 34 heavy (non-hydrogen) atoms. The van der Waals surface area contributed by atoms with E-state index in [2.05, 4.69) is 5.32 Å². The van der Waals surface area contributed by atoms with Gasteiger partial charge in [-0.05, 0) is 56.0 Å². The van der Waals surface area contributed by atoms with Crippen LogP contribution in [-0.2, 0) is 19.1 Å². The first-order chi connectivity index (χ1) is 16.3. The number of aryl methyl sites for hydroxylation is 1. The van der Waals surface area contributed by atoms with Crippen LogP contribution in [0.1, 0.15) is 30.9 Å². The van der Waals surface area contributed by atoms with Crippen LogP contribution in [0.4, 0.5) is 11.4 Å². The molecule has 0 aromatic heterocycles. The molecule has 4 rings (SSSR count). The number of hydrogen-bond donors (Lipinski definition) is 1. The van der Waals surface area contributed by atoms with Gasteiger partial charge in [0.1, 0.15) is 12.3 Å². The van der Waals surface area contributed by atoms with E-state index in [1.807, 2.05) is 38.1 Å². The van der Waals surface area contributed by atoms with Gasteiger partial charge in [0.25, 0.3) is 5.91 Å². The first kappa shape index (κ1) is 23.8. The lowest BCUT2D eigenvalue weighted by Gasteiger charge is -2.36. The fourth-order valence-electron chi connectivity index (χ4n) is 4.38. The lowest BCUT2D eigenvalue weighted by Crippen LogP contribution is -2.54. The molecule has 0 spiro atoms. The normalized spacial score (nSPS) is 19.2.